The summed E-state index contributed by atoms with van der Waals surface area (Å²) in [5.41, 5.74) is 3.35. The number of rotatable bonds is 7. The average Bonchev–Trinajstić information content (AvgIpc) is 3.35. The van der Waals surface area contributed by atoms with E-state index in [-0.39, 0.29) is 29.2 Å². The first kappa shape index (κ1) is 24.3. The van der Waals surface area contributed by atoms with E-state index in [1.165, 1.54) is 11.3 Å². The molecule has 1 N–H and O–H groups in total. The first-order valence-corrected chi connectivity index (χ1v) is 12.3. The van der Waals surface area contributed by atoms with Crippen molar-refractivity contribution in [2.24, 2.45) is 5.92 Å². The van der Waals surface area contributed by atoms with Gasteiger partial charge in [0.2, 0.25) is 5.91 Å². The molecule has 3 amide bonds. The number of benzene rings is 2. The molecule has 0 fully saturated rings. The van der Waals surface area contributed by atoms with Crippen molar-refractivity contribution >= 4 is 40.0 Å². The molecule has 3 aromatic rings. The van der Waals surface area contributed by atoms with E-state index in [1.54, 1.807) is 50.4 Å². The van der Waals surface area contributed by atoms with Crippen molar-refractivity contribution in [3.05, 3.63) is 76.2 Å². The molecule has 35 heavy (non-hydrogen) atoms. The highest BCUT2D eigenvalue weighted by atomic mass is 32.1. The lowest BCUT2D eigenvalue weighted by molar-refractivity contribution is -0.121. The van der Waals surface area contributed by atoms with Crippen molar-refractivity contribution < 1.29 is 23.9 Å². The smallest absolute Gasteiger partial charge is 0.341 e. The Bertz CT molecular complexity index is 1270. The minimum Gasteiger partial charge on any atom is -0.462 e. The summed E-state index contributed by atoms with van der Waals surface area (Å²) in [6.07, 6.45) is 0. The van der Waals surface area contributed by atoms with Gasteiger partial charge < -0.3 is 10.1 Å². The summed E-state index contributed by atoms with van der Waals surface area (Å²) in [7, 11) is 0. The van der Waals surface area contributed by atoms with Crippen molar-refractivity contribution in [3.8, 4) is 11.1 Å². The number of nitrogens with one attached hydrogen (secondary N) is 1. The Balaban J connectivity index is 1.69. The summed E-state index contributed by atoms with van der Waals surface area (Å²) in [5, 5.41) is 4.91. The monoisotopic (exact) mass is 490 g/mol. The molecule has 7 nitrogen and oxygen atoms in total. The number of aryl methyl sites for hydroxylation is 1. The quantitative estimate of drug-likeness (QED) is 0.365. The van der Waals surface area contributed by atoms with Crippen LogP contribution < -0.4 is 5.32 Å². The van der Waals surface area contributed by atoms with Crippen LogP contribution in [0.3, 0.4) is 0 Å². The topological polar surface area (TPSA) is 92.8 Å². The van der Waals surface area contributed by atoms with Crippen LogP contribution in [0, 0.1) is 12.8 Å². The molecule has 0 saturated carbocycles. The van der Waals surface area contributed by atoms with E-state index < -0.39 is 29.7 Å². The number of hydrogen-bond donors (Lipinski definition) is 1. The van der Waals surface area contributed by atoms with Crippen molar-refractivity contribution in [1.82, 2.24) is 4.90 Å². The number of carbonyl (C=O) groups excluding carboxylic acids is 4. The number of ether oxygens (including phenoxy) is 1. The van der Waals surface area contributed by atoms with E-state index in [0.717, 1.165) is 16.0 Å². The summed E-state index contributed by atoms with van der Waals surface area (Å²) in [6, 6.07) is 13.2. The maximum atomic E-state index is 13.5. The van der Waals surface area contributed by atoms with Crippen molar-refractivity contribution in [1.29, 1.82) is 0 Å². The second-order valence-corrected chi connectivity index (χ2v) is 9.52. The molecule has 1 aliphatic heterocycles. The van der Waals surface area contributed by atoms with Crippen LogP contribution in [0.5, 0.6) is 0 Å². The van der Waals surface area contributed by atoms with Gasteiger partial charge in [-0.05, 0) is 37.5 Å². The fourth-order valence-electron chi connectivity index (χ4n) is 4.17. The van der Waals surface area contributed by atoms with Gasteiger partial charge in [0, 0.05) is 10.9 Å². The highest BCUT2D eigenvalue weighted by Gasteiger charge is 2.44. The predicted octanol–water partition coefficient (Wildman–Crippen LogP) is 5.16. The van der Waals surface area contributed by atoms with Gasteiger partial charge in [-0.3, -0.25) is 19.3 Å². The van der Waals surface area contributed by atoms with E-state index in [2.05, 4.69) is 5.32 Å². The van der Waals surface area contributed by atoms with Crippen molar-refractivity contribution in [2.45, 2.75) is 33.7 Å². The number of fused-ring (bicyclic) bond motifs is 1. The van der Waals surface area contributed by atoms with Crippen LogP contribution >= 0.6 is 11.3 Å². The van der Waals surface area contributed by atoms with Gasteiger partial charge in [-0.1, -0.05) is 55.8 Å². The molecule has 4 rings (SSSR count). The van der Waals surface area contributed by atoms with Gasteiger partial charge in [0.05, 0.1) is 17.7 Å². The third-order valence-electron chi connectivity index (χ3n) is 5.87. The van der Waals surface area contributed by atoms with Crippen LogP contribution in [-0.4, -0.2) is 41.2 Å². The van der Waals surface area contributed by atoms with Crippen LogP contribution in [0.15, 0.2) is 53.9 Å². The van der Waals surface area contributed by atoms with Gasteiger partial charge >= 0.3 is 5.97 Å². The first-order valence-electron chi connectivity index (χ1n) is 11.4. The van der Waals surface area contributed by atoms with Crippen LogP contribution in [0.2, 0.25) is 0 Å². The SMILES string of the molecule is CCOC(=O)c1c(-c2ccc(C)cc2)csc1NC(=O)C(C(C)C)N1C(=O)c2ccccc2C1=O. The molecule has 2 heterocycles. The molecule has 1 aliphatic rings. The van der Waals surface area contributed by atoms with Crippen molar-refractivity contribution in [2.75, 3.05) is 11.9 Å². The molecule has 0 aliphatic carbocycles. The summed E-state index contributed by atoms with van der Waals surface area (Å²) in [4.78, 5) is 53.5. The normalized spacial score (nSPS) is 13.7. The molecule has 0 radical (unpaired) electrons. The number of hydrogen-bond acceptors (Lipinski definition) is 6. The Morgan fingerprint density at radius 3 is 2.11 bits per heavy atom. The summed E-state index contributed by atoms with van der Waals surface area (Å²) >= 11 is 1.20. The average molecular weight is 491 g/mol. The number of esters is 1. The molecule has 1 aromatic heterocycles. The van der Waals surface area contributed by atoms with Crippen LogP contribution in [0.4, 0.5) is 5.00 Å². The minimum atomic E-state index is -1.05. The van der Waals surface area contributed by atoms with Gasteiger partial charge in [-0.15, -0.1) is 11.3 Å². The Kier molecular flexibility index (Phi) is 6.84. The molecule has 8 heteroatoms. The third kappa shape index (κ3) is 4.49. The molecule has 0 spiro atoms. The zero-order chi connectivity index (χ0) is 25.3. The van der Waals surface area contributed by atoms with Crippen LogP contribution in [0.25, 0.3) is 11.1 Å². The molecular formula is C27H26N2O5S. The van der Waals surface area contributed by atoms with E-state index in [4.69, 9.17) is 4.74 Å². The van der Waals surface area contributed by atoms with Gasteiger partial charge in [0.15, 0.2) is 0 Å². The molecule has 1 atom stereocenters. The van der Waals surface area contributed by atoms with Crippen molar-refractivity contribution in [3.63, 3.8) is 0 Å². The van der Waals surface area contributed by atoms with Gasteiger partial charge in [0.25, 0.3) is 11.8 Å². The fourth-order valence-corrected chi connectivity index (χ4v) is 5.13. The second-order valence-electron chi connectivity index (χ2n) is 8.64. The minimum absolute atomic E-state index is 0.180. The molecule has 0 saturated heterocycles. The lowest BCUT2D eigenvalue weighted by atomic mass is 10.0. The number of thiophene rings is 1. The maximum absolute atomic E-state index is 13.5. The lowest BCUT2D eigenvalue weighted by Gasteiger charge is -2.28. The largest absolute Gasteiger partial charge is 0.462 e. The zero-order valence-electron chi connectivity index (χ0n) is 20.0. The maximum Gasteiger partial charge on any atom is 0.341 e. The van der Waals surface area contributed by atoms with Crippen LogP contribution in [0.1, 0.15) is 57.4 Å². The fraction of sp³-hybridized carbons (Fsp3) is 0.259. The highest BCUT2D eigenvalue weighted by Crippen LogP contribution is 2.37. The first-order chi connectivity index (χ1) is 16.7. The van der Waals surface area contributed by atoms with E-state index >= 15 is 0 Å². The number of carbonyl (C=O) groups is 4. The Morgan fingerprint density at radius 2 is 1.57 bits per heavy atom. The Morgan fingerprint density at radius 1 is 0.971 bits per heavy atom. The third-order valence-corrected chi connectivity index (χ3v) is 6.77. The Labute approximate surface area is 207 Å². The Hall–Kier alpha value is -3.78. The second kappa shape index (κ2) is 9.84. The van der Waals surface area contributed by atoms with E-state index in [0.29, 0.717) is 10.6 Å². The summed E-state index contributed by atoms with van der Waals surface area (Å²) in [6.45, 7) is 7.41. The number of anilines is 1. The van der Waals surface area contributed by atoms with Crippen LogP contribution in [-0.2, 0) is 9.53 Å². The standard InChI is InChI=1S/C27H26N2O5S/c1-5-34-27(33)21-20(17-12-10-16(4)11-13-17)14-35-24(21)28-23(30)22(15(2)3)29-25(31)18-8-6-7-9-19(18)26(29)32/h6-15,22H,5H2,1-4H3,(H,28,30). The van der Waals surface area contributed by atoms with Gasteiger partial charge in [0.1, 0.15) is 16.6 Å². The summed E-state index contributed by atoms with van der Waals surface area (Å²) in [5.74, 6) is -2.47. The number of amides is 3. The molecule has 1 unspecified atom stereocenters. The molecule has 0 bridgehead atoms. The highest BCUT2D eigenvalue weighted by molar-refractivity contribution is 7.15. The van der Waals surface area contributed by atoms with E-state index in [1.807, 2.05) is 31.2 Å². The summed E-state index contributed by atoms with van der Waals surface area (Å²) < 4.78 is 5.28. The zero-order valence-corrected chi connectivity index (χ0v) is 20.8. The number of nitrogens with zero attached hydrogens (tertiary/aromatic N) is 1. The molecular weight excluding hydrogens is 464 g/mol. The number of imide groups is 1. The predicted molar refractivity (Wildman–Crippen MR) is 135 cm³/mol. The van der Waals surface area contributed by atoms with Gasteiger partial charge in [-0.2, -0.15) is 0 Å². The van der Waals surface area contributed by atoms with E-state index in [9.17, 15) is 19.2 Å². The molecule has 2 aromatic carbocycles. The molecule has 180 valence electrons. The lowest BCUT2D eigenvalue weighted by Crippen LogP contribution is -2.50. The van der Waals surface area contributed by atoms with Gasteiger partial charge in [-0.25, -0.2) is 4.79 Å².